The fourth-order valence-electron chi connectivity index (χ4n) is 2.39. The average molecular weight is 401 g/mol. The Morgan fingerprint density at radius 2 is 1.86 bits per heavy atom. The van der Waals surface area contributed by atoms with E-state index in [-0.39, 0.29) is 17.9 Å². The van der Waals surface area contributed by atoms with E-state index in [9.17, 15) is 19.7 Å². The van der Waals surface area contributed by atoms with Gasteiger partial charge in [0.1, 0.15) is 11.4 Å². The van der Waals surface area contributed by atoms with Crippen molar-refractivity contribution >= 4 is 28.9 Å². The van der Waals surface area contributed by atoms with Crippen molar-refractivity contribution in [3.8, 4) is 5.75 Å². The van der Waals surface area contributed by atoms with Gasteiger partial charge in [-0.15, -0.1) is 0 Å². The first-order chi connectivity index (χ1) is 13.9. The molecule has 0 aromatic heterocycles. The quantitative estimate of drug-likeness (QED) is 0.270. The minimum atomic E-state index is -0.593. The molecule has 0 atom stereocenters. The van der Waals surface area contributed by atoms with E-state index in [4.69, 9.17) is 9.47 Å². The summed E-state index contributed by atoms with van der Waals surface area (Å²) in [4.78, 5) is 34.6. The highest BCUT2D eigenvalue weighted by Gasteiger charge is 2.17. The van der Waals surface area contributed by atoms with Crippen LogP contribution in [0.15, 0.2) is 42.5 Å². The number of nitrogens with zero attached hydrogens (tertiary/aromatic N) is 1. The molecule has 2 rings (SSSR count). The molecule has 9 nitrogen and oxygen atoms in total. The summed E-state index contributed by atoms with van der Waals surface area (Å²) in [5.74, 6) is -0.531. The van der Waals surface area contributed by atoms with Crippen molar-refractivity contribution in [2.75, 3.05) is 30.9 Å². The third-order valence-electron chi connectivity index (χ3n) is 3.98. The molecule has 0 aliphatic heterocycles. The number of nitro groups is 1. The van der Waals surface area contributed by atoms with Crippen LogP contribution >= 0.6 is 0 Å². The molecule has 0 unspecified atom stereocenters. The molecule has 0 aliphatic rings. The van der Waals surface area contributed by atoms with Gasteiger partial charge in [-0.05, 0) is 42.8 Å². The molecule has 2 aromatic rings. The number of anilines is 2. The van der Waals surface area contributed by atoms with Crippen molar-refractivity contribution in [2.45, 2.75) is 19.8 Å². The van der Waals surface area contributed by atoms with Crippen molar-refractivity contribution in [1.82, 2.24) is 0 Å². The van der Waals surface area contributed by atoms with Crippen LogP contribution in [0.3, 0.4) is 0 Å². The third-order valence-corrected chi connectivity index (χ3v) is 3.98. The van der Waals surface area contributed by atoms with Crippen molar-refractivity contribution in [3.63, 3.8) is 0 Å². The van der Waals surface area contributed by atoms with Crippen LogP contribution in [0.2, 0.25) is 0 Å². The van der Waals surface area contributed by atoms with Crippen LogP contribution < -0.4 is 15.4 Å². The fourth-order valence-corrected chi connectivity index (χ4v) is 2.39. The molecule has 29 heavy (non-hydrogen) atoms. The summed E-state index contributed by atoms with van der Waals surface area (Å²) < 4.78 is 10.1. The molecule has 1 amide bonds. The van der Waals surface area contributed by atoms with E-state index in [1.54, 1.807) is 24.3 Å². The molecule has 0 bridgehead atoms. The van der Waals surface area contributed by atoms with E-state index in [2.05, 4.69) is 10.6 Å². The van der Waals surface area contributed by atoms with Crippen molar-refractivity contribution in [2.24, 2.45) is 0 Å². The highest BCUT2D eigenvalue weighted by atomic mass is 16.6. The Labute approximate surface area is 168 Å². The highest BCUT2D eigenvalue weighted by Crippen LogP contribution is 2.28. The maximum atomic E-state index is 12.1. The second kappa shape index (κ2) is 10.6. The summed E-state index contributed by atoms with van der Waals surface area (Å²) in [6, 6.07) is 10.7. The molecule has 0 saturated carbocycles. The first-order valence-corrected chi connectivity index (χ1v) is 9.08. The number of hydrogen-bond acceptors (Lipinski definition) is 7. The zero-order valence-corrected chi connectivity index (χ0v) is 16.3. The van der Waals surface area contributed by atoms with Crippen LogP contribution in [0.4, 0.5) is 17.1 Å². The fraction of sp³-hybridized carbons (Fsp3) is 0.300. The Morgan fingerprint density at radius 1 is 1.14 bits per heavy atom. The van der Waals surface area contributed by atoms with Gasteiger partial charge in [0.05, 0.1) is 36.8 Å². The van der Waals surface area contributed by atoms with Gasteiger partial charge >= 0.3 is 5.97 Å². The summed E-state index contributed by atoms with van der Waals surface area (Å²) in [5, 5.41) is 16.6. The zero-order valence-electron chi connectivity index (χ0n) is 16.3. The normalized spacial score (nSPS) is 10.1. The summed E-state index contributed by atoms with van der Waals surface area (Å²) in [5.41, 5.74) is 0.857. The van der Waals surface area contributed by atoms with Gasteiger partial charge in [-0.25, -0.2) is 4.79 Å². The Balaban J connectivity index is 1.91. The van der Waals surface area contributed by atoms with Crippen LogP contribution in [-0.4, -0.2) is 37.1 Å². The average Bonchev–Trinajstić information content (AvgIpc) is 2.72. The number of methoxy groups -OCH3 is 1. The summed E-state index contributed by atoms with van der Waals surface area (Å²) >= 11 is 0. The number of nitrogens with one attached hydrogen (secondary N) is 2. The highest BCUT2D eigenvalue weighted by molar-refractivity contribution is 5.96. The van der Waals surface area contributed by atoms with Gasteiger partial charge in [-0.1, -0.05) is 13.3 Å². The van der Waals surface area contributed by atoms with Crippen molar-refractivity contribution in [1.29, 1.82) is 0 Å². The van der Waals surface area contributed by atoms with Crippen LogP contribution in [0.25, 0.3) is 0 Å². The number of hydrogen-bond donors (Lipinski definition) is 2. The summed E-state index contributed by atoms with van der Waals surface area (Å²) in [6.07, 6.45) is 1.75. The van der Waals surface area contributed by atoms with Gasteiger partial charge in [-0.2, -0.15) is 0 Å². The molecular formula is C20H23N3O6. The van der Waals surface area contributed by atoms with Gasteiger partial charge < -0.3 is 20.1 Å². The van der Waals surface area contributed by atoms with Gasteiger partial charge in [0, 0.05) is 5.69 Å². The van der Waals surface area contributed by atoms with Crippen LogP contribution in [-0.2, 0) is 9.53 Å². The number of carbonyl (C=O) groups excluding carboxylic acids is 2. The standard InChI is InChI=1S/C20H23N3O6/c1-3-4-11-29-20(25)14-5-7-15(8-6-14)21-13-19(24)22-17-10-9-16(28-2)12-18(17)23(26)27/h5-10,12,21H,3-4,11,13H2,1-2H3,(H,22,24). The van der Waals surface area contributed by atoms with Gasteiger partial charge in [0.15, 0.2) is 0 Å². The third kappa shape index (κ3) is 6.49. The van der Waals surface area contributed by atoms with Crippen molar-refractivity contribution in [3.05, 3.63) is 58.1 Å². The Hall–Kier alpha value is -3.62. The van der Waals surface area contributed by atoms with E-state index < -0.39 is 16.8 Å². The first kappa shape index (κ1) is 21.7. The lowest BCUT2D eigenvalue weighted by Crippen LogP contribution is -2.22. The van der Waals surface area contributed by atoms with Gasteiger partial charge in [0.25, 0.3) is 5.69 Å². The second-order valence-corrected chi connectivity index (χ2v) is 6.11. The molecule has 2 aromatic carbocycles. The predicted octanol–water partition coefficient (Wildman–Crippen LogP) is 3.61. The molecule has 9 heteroatoms. The topological polar surface area (TPSA) is 120 Å². The lowest BCUT2D eigenvalue weighted by Gasteiger charge is -2.10. The molecule has 0 radical (unpaired) electrons. The molecule has 0 aliphatic carbocycles. The van der Waals surface area contributed by atoms with E-state index in [1.165, 1.54) is 25.3 Å². The predicted molar refractivity (Wildman–Crippen MR) is 108 cm³/mol. The first-order valence-electron chi connectivity index (χ1n) is 9.08. The minimum Gasteiger partial charge on any atom is -0.496 e. The lowest BCUT2D eigenvalue weighted by molar-refractivity contribution is -0.384. The maximum absolute atomic E-state index is 12.1. The van der Waals surface area contributed by atoms with E-state index in [0.717, 1.165) is 12.8 Å². The number of benzene rings is 2. The largest absolute Gasteiger partial charge is 0.496 e. The lowest BCUT2D eigenvalue weighted by atomic mass is 10.2. The molecular weight excluding hydrogens is 378 g/mol. The van der Waals surface area contributed by atoms with Crippen LogP contribution in [0, 0.1) is 10.1 Å². The molecule has 0 heterocycles. The Kier molecular flexibility index (Phi) is 7.96. The number of nitro benzene ring substituents is 1. The molecule has 2 N–H and O–H groups in total. The molecule has 0 fully saturated rings. The van der Waals surface area contributed by atoms with Gasteiger partial charge in [0.2, 0.25) is 5.91 Å². The SMILES string of the molecule is CCCCOC(=O)c1ccc(NCC(=O)Nc2ccc(OC)cc2[N+](=O)[O-])cc1. The minimum absolute atomic E-state index is 0.0766. The number of amides is 1. The number of unbranched alkanes of at least 4 members (excludes halogenated alkanes) is 1. The Bertz CT molecular complexity index is 867. The smallest absolute Gasteiger partial charge is 0.338 e. The van der Waals surface area contributed by atoms with Gasteiger partial charge in [-0.3, -0.25) is 14.9 Å². The Morgan fingerprint density at radius 3 is 2.48 bits per heavy atom. The molecule has 0 spiro atoms. The number of esters is 1. The second-order valence-electron chi connectivity index (χ2n) is 6.11. The zero-order chi connectivity index (χ0) is 21.2. The number of rotatable bonds is 10. The molecule has 0 saturated heterocycles. The molecule has 154 valence electrons. The van der Waals surface area contributed by atoms with E-state index in [1.807, 2.05) is 6.92 Å². The number of carbonyl (C=O) groups is 2. The monoisotopic (exact) mass is 401 g/mol. The number of ether oxygens (including phenoxy) is 2. The summed E-state index contributed by atoms with van der Waals surface area (Å²) in [7, 11) is 1.40. The van der Waals surface area contributed by atoms with Crippen LogP contribution in [0.1, 0.15) is 30.1 Å². The van der Waals surface area contributed by atoms with E-state index in [0.29, 0.717) is 23.6 Å². The summed E-state index contributed by atoms with van der Waals surface area (Å²) in [6.45, 7) is 2.29. The maximum Gasteiger partial charge on any atom is 0.338 e. The van der Waals surface area contributed by atoms with E-state index >= 15 is 0 Å². The van der Waals surface area contributed by atoms with Crippen molar-refractivity contribution < 1.29 is 24.0 Å². The van der Waals surface area contributed by atoms with Crippen LogP contribution in [0.5, 0.6) is 5.75 Å².